The van der Waals surface area contributed by atoms with Gasteiger partial charge in [-0.15, -0.1) is 0 Å². The highest BCUT2D eigenvalue weighted by Gasteiger charge is 2.29. The van der Waals surface area contributed by atoms with Crippen LogP contribution in [0.1, 0.15) is 17.3 Å². The van der Waals surface area contributed by atoms with Crippen molar-refractivity contribution in [3.8, 4) is 22.5 Å². The Hall–Kier alpha value is -4.93. The number of anilines is 2. The number of nitro benzene ring substituents is 1. The van der Waals surface area contributed by atoms with E-state index in [-0.39, 0.29) is 11.3 Å². The van der Waals surface area contributed by atoms with Gasteiger partial charge in [-0.05, 0) is 24.3 Å². The van der Waals surface area contributed by atoms with Crippen molar-refractivity contribution in [3.05, 3.63) is 69.6 Å². The fraction of sp³-hybridized carbons (Fsp3) is 0.222. The molecule has 1 heterocycles. The fourth-order valence-electron chi connectivity index (χ4n) is 4.15. The van der Waals surface area contributed by atoms with Crippen molar-refractivity contribution in [1.29, 1.82) is 0 Å². The molecule has 11 heteroatoms. The summed E-state index contributed by atoms with van der Waals surface area (Å²) < 4.78 is 18.1. The smallest absolute Gasteiger partial charge is 0.344 e. The van der Waals surface area contributed by atoms with Gasteiger partial charge in [-0.3, -0.25) is 14.9 Å². The Morgan fingerprint density at radius 2 is 1.74 bits per heavy atom. The third-order valence-electron chi connectivity index (χ3n) is 6.07. The Bertz CT molecular complexity index is 1630. The van der Waals surface area contributed by atoms with Crippen LogP contribution in [0.2, 0.25) is 0 Å². The summed E-state index contributed by atoms with van der Waals surface area (Å²) in [5.41, 5.74) is 8.12. The van der Waals surface area contributed by atoms with Gasteiger partial charge < -0.3 is 24.5 Å². The number of nitro groups is 1. The molecule has 0 fully saturated rings. The van der Waals surface area contributed by atoms with E-state index in [1.165, 1.54) is 12.1 Å². The van der Waals surface area contributed by atoms with Crippen molar-refractivity contribution in [3.63, 3.8) is 0 Å². The number of carbonyl (C=O) groups excluding carboxylic acids is 2. The number of nitrogens with zero attached hydrogens (tertiary/aromatic N) is 3. The minimum Gasteiger partial charge on any atom is -0.456 e. The highest BCUT2D eigenvalue weighted by Crippen LogP contribution is 2.44. The summed E-state index contributed by atoms with van der Waals surface area (Å²) in [5.74, 6) is -1.09. The number of hydrogen-bond donors (Lipinski definition) is 1. The number of fused-ring (bicyclic) bond motifs is 2. The van der Waals surface area contributed by atoms with Crippen molar-refractivity contribution in [2.45, 2.75) is 6.92 Å². The number of carbonyl (C=O) groups is 2. The number of ether oxygens (including phenoxy) is 2. The average molecular weight is 520 g/mol. The van der Waals surface area contributed by atoms with Crippen molar-refractivity contribution in [2.24, 2.45) is 0 Å². The van der Waals surface area contributed by atoms with Gasteiger partial charge in [-0.2, -0.15) is 0 Å². The minimum atomic E-state index is -0.973. The number of nitrogen functional groups attached to an aromatic ring is 1. The molecule has 2 aromatic rings. The van der Waals surface area contributed by atoms with Crippen molar-refractivity contribution in [2.75, 3.05) is 45.6 Å². The van der Waals surface area contributed by atoms with Gasteiger partial charge in [0.25, 0.3) is 5.69 Å². The molecule has 1 aliphatic carbocycles. The fourth-order valence-corrected chi connectivity index (χ4v) is 4.15. The predicted molar refractivity (Wildman–Crippen MR) is 143 cm³/mol. The maximum Gasteiger partial charge on any atom is 0.344 e. The second kappa shape index (κ2) is 10.2. The summed E-state index contributed by atoms with van der Waals surface area (Å²) in [5, 5.41) is 13.2. The third kappa shape index (κ3) is 4.85. The molecule has 0 bridgehead atoms. The van der Waals surface area contributed by atoms with Gasteiger partial charge in [0.15, 0.2) is 0 Å². The highest BCUT2D eigenvalue weighted by atomic mass is 16.7. The first kappa shape index (κ1) is 26.1. The zero-order chi connectivity index (χ0) is 27.7. The second-order valence-corrected chi connectivity index (χ2v) is 8.99. The molecule has 11 nitrogen and oxygen atoms in total. The van der Waals surface area contributed by atoms with E-state index >= 15 is 0 Å². The van der Waals surface area contributed by atoms with Gasteiger partial charge in [-0.1, -0.05) is 0 Å². The number of esters is 2. The van der Waals surface area contributed by atoms with Crippen LogP contribution in [-0.4, -0.2) is 51.8 Å². The molecule has 2 aromatic carbocycles. The van der Waals surface area contributed by atoms with E-state index < -0.39 is 29.3 Å². The largest absolute Gasteiger partial charge is 0.456 e. The van der Waals surface area contributed by atoms with Crippen LogP contribution in [0.25, 0.3) is 33.4 Å². The first-order valence-electron chi connectivity index (χ1n) is 11.6. The van der Waals surface area contributed by atoms with Gasteiger partial charge in [-0.25, -0.2) is 9.37 Å². The van der Waals surface area contributed by atoms with E-state index in [1.807, 2.05) is 74.1 Å². The van der Waals surface area contributed by atoms with Crippen LogP contribution in [0.15, 0.2) is 52.9 Å². The lowest BCUT2D eigenvalue weighted by molar-refractivity contribution is -0.383. The van der Waals surface area contributed by atoms with Crippen LogP contribution < -0.4 is 20.6 Å². The zero-order valence-electron chi connectivity index (χ0n) is 21.6. The number of rotatable bonds is 6. The highest BCUT2D eigenvalue weighted by molar-refractivity contribution is 6.11. The van der Waals surface area contributed by atoms with Gasteiger partial charge >= 0.3 is 11.9 Å². The number of benzene rings is 3. The molecule has 1 aliphatic heterocycles. The van der Waals surface area contributed by atoms with Gasteiger partial charge in [0.2, 0.25) is 12.2 Å². The third-order valence-corrected chi connectivity index (χ3v) is 6.07. The van der Waals surface area contributed by atoms with Crippen LogP contribution >= 0.6 is 0 Å². The molecule has 4 rings (SSSR count). The molecule has 0 radical (unpaired) electrons. The number of hydrogen-bond acceptors (Lipinski definition) is 9. The second-order valence-electron chi connectivity index (χ2n) is 8.99. The van der Waals surface area contributed by atoms with Crippen molar-refractivity contribution >= 4 is 40.0 Å². The quantitative estimate of drug-likeness (QED) is 0.0771. The maximum atomic E-state index is 13.2. The lowest BCUT2D eigenvalue weighted by Gasteiger charge is -2.19. The van der Waals surface area contributed by atoms with E-state index in [2.05, 4.69) is 0 Å². The molecule has 196 valence electrons. The summed E-state index contributed by atoms with van der Waals surface area (Å²) >= 11 is 0. The van der Waals surface area contributed by atoms with Gasteiger partial charge in [0.1, 0.15) is 31.1 Å². The summed E-state index contributed by atoms with van der Waals surface area (Å²) in [6.45, 7) is 0.496. The molecule has 0 unspecified atom stereocenters. The predicted octanol–water partition coefficient (Wildman–Crippen LogP) is 3.47. The molecule has 0 aromatic heterocycles. The lowest BCUT2D eigenvalue weighted by Crippen LogP contribution is -2.21. The zero-order valence-corrected chi connectivity index (χ0v) is 21.6. The standard InChI is InChI=1S/C27H26N4O7/c1-15(32)36-14-37-27(33)25-20(10-11-21(26(25)28)31(34)35)24-18-8-6-16(29(2)3)12-22(18)38-23-13-17(30(4)5)7-9-19(23)24/h6-13H,14H2,1-5H3,(H-,28,33)/p+1. The van der Waals surface area contributed by atoms with E-state index in [4.69, 9.17) is 19.6 Å². The summed E-state index contributed by atoms with van der Waals surface area (Å²) in [6, 6.07) is 14.0. The average Bonchev–Trinajstić information content (AvgIpc) is 2.85. The van der Waals surface area contributed by atoms with Crippen LogP contribution in [0, 0.1) is 10.1 Å². The van der Waals surface area contributed by atoms with Crippen LogP contribution in [0.4, 0.5) is 17.1 Å². The molecule has 38 heavy (non-hydrogen) atoms. The Labute approximate surface area is 217 Å². The summed E-state index contributed by atoms with van der Waals surface area (Å²) in [6.07, 6.45) is 0. The molecular weight excluding hydrogens is 492 g/mol. The number of nitrogens with two attached hydrogens (primary N) is 1. The van der Waals surface area contributed by atoms with Gasteiger partial charge in [0.05, 0.1) is 16.6 Å². The van der Waals surface area contributed by atoms with E-state index in [9.17, 15) is 19.7 Å². The molecule has 2 aliphatic rings. The van der Waals surface area contributed by atoms with E-state index in [0.29, 0.717) is 33.4 Å². The van der Waals surface area contributed by atoms with Crippen LogP contribution in [0.3, 0.4) is 0 Å². The lowest BCUT2D eigenvalue weighted by atomic mass is 9.89. The first-order valence-corrected chi connectivity index (χ1v) is 11.6. The van der Waals surface area contributed by atoms with E-state index in [0.717, 1.165) is 18.0 Å². The van der Waals surface area contributed by atoms with E-state index in [1.54, 1.807) is 0 Å². The molecule has 0 saturated carbocycles. The first-order chi connectivity index (χ1) is 18.0. The molecular formula is C27H27N4O7+. The Morgan fingerprint density at radius 3 is 2.37 bits per heavy atom. The van der Waals surface area contributed by atoms with Crippen LogP contribution in [0.5, 0.6) is 0 Å². The van der Waals surface area contributed by atoms with Crippen LogP contribution in [-0.2, 0) is 14.3 Å². The molecule has 0 amide bonds. The Balaban J connectivity index is 2.09. The maximum absolute atomic E-state index is 13.2. The monoisotopic (exact) mass is 519 g/mol. The van der Waals surface area contributed by atoms with Crippen molar-refractivity contribution in [1.82, 2.24) is 4.58 Å². The Morgan fingerprint density at radius 1 is 1.03 bits per heavy atom. The SMILES string of the molecule is CC(=O)OCOC(=O)c1c(-c2c3ccc(=[N+](C)C)cc-3oc3cc(N(C)C)ccc23)ccc([N+](=O)[O-])c1N. The minimum absolute atomic E-state index is 0.214. The molecule has 2 N–H and O–H groups in total. The topological polar surface area (TPSA) is 141 Å². The van der Waals surface area contributed by atoms with Crippen molar-refractivity contribution < 1.29 is 28.4 Å². The molecule has 0 spiro atoms. The normalized spacial score (nSPS) is 10.9. The van der Waals surface area contributed by atoms with Gasteiger partial charge in [0, 0.05) is 67.0 Å². The summed E-state index contributed by atoms with van der Waals surface area (Å²) in [7, 11) is 7.62. The summed E-state index contributed by atoms with van der Waals surface area (Å²) in [4.78, 5) is 37.3. The Kier molecular flexibility index (Phi) is 7.02. The molecule has 0 atom stereocenters. The molecule has 0 saturated heterocycles.